The Morgan fingerprint density at radius 3 is 2.69 bits per heavy atom. The molecule has 3 nitrogen and oxygen atoms in total. The maximum atomic E-state index is 8.79. The first-order valence-corrected chi connectivity index (χ1v) is 4.93. The summed E-state index contributed by atoms with van der Waals surface area (Å²) in [5, 5.41) is 11.9. The van der Waals surface area contributed by atoms with Gasteiger partial charge in [-0.2, -0.15) is 5.26 Å². The van der Waals surface area contributed by atoms with E-state index in [0.717, 1.165) is 21.7 Å². The van der Waals surface area contributed by atoms with Crippen LogP contribution in [0.25, 0.3) is 21.7 Å². The zero-order valence-electron chi connectivity index (χ0n) is 8.38. The van der Waals surface area contributed by atoms with Crippen LogP contribution in [0.15, 0.2) is 42.6 Å². The third-order valence-corrected chi connectivity index (χ3v) is 2.58. The third-order valence-electron chi connectivity index (χ3n) is 2.58. The highest BCUT2D eigenvalue weighted by Crippen LogP contribution is 2.22. The Labute approximate surface area is 92.0 Å². The number of fused-ring (bicyclic) bond motifs is 3. The Morgan fingerprint density at radius 2 is 1.81 bits per heavy atom. The molecule has 3 aromatic rings. The van der Waals surface area contributed by atoms with Gasteiger partial charge in [0.05, 0.1) is 5.52 Å². The van der Waals surface area contributed by atoms with Gasteiger partial charge in [-0.15, -0.1) is 0 Å². The summed E-state index contributed by atoms with van der Waals surface area (Å²) in [5.41, 5.74) is 0.838. The molecule has 0 aliphatic heterocycles. The summed E-state index contributed by atoms with van der Waals surface area (Å²) in [6.07, 6.45) is 1.69. The van der Waals surface area contributed by atoms with Gasteiger partial charge in [0, 0.05) is 17.0 Å². The third kappa shape index (κ3) is 1.21. The maximum Gasteiger partial charge on any atom is 0.232 e. The highest BCUT2D eigenvalue weighted by atomic mass is 14.9. The second-order valence-corrected chi connectivity index (χ2v) is 3.53. The Hall–Kier alpha value is -2.47. The molecular formula is C13H7N3. The summed E-state index contributed by atoms with van der Waals surface area (Å²) in [5.74, 6) is 0.212. The molecule has 0 aliphatic carbocycles. The van der Waals surface area contributed by atoms with Crippen molar-refractivity contribution in [3.05, 3.63) is 48.4 Å². The Morgan fingerprint density at radius 1 is 1.00 bits per heavy atom. The van der Waals surface area contributed by atoms with E-state index in [2.05, 4.69) is 9.97 Å². The van der Waals surface area contributed by atoms with Crippen molar-refractivity contribution in [2.75, 3.05) is 0 Å². The number of aromatic nitrogens is 2. The molecule has 0 atom stereocenters. The second-order valence-electron chi connectivity index (χ2n) is 3.53. The fourth-order valence-corrected chi connectivity index (χ4v) is 1.82. The Kier molecular flexibility index (Phi) is 1.81. The first-order valence-electron chi connectivity index (χ1n) is 4.93. The van der Waals surface area contributed by atoms with Gasteiger partial charge in [0.15, 0.2) is 0 Å². The van der Waals surface area contributed by atoms with Crippen molar-refractivity contribution in [1.82, 2.24) is 9.97 Å². The molecule has 0 bridgehead atoms. The molecule has 0 spiro atoms. The van der Waals surface area contributed by atoms with E-state index < -0.39 is 0 Å². The quantitative estimate of drug-likeness (QED) is 0.530. The van der Waals surface area contributed by atoms with Crippen LogP contribution in [0.5, 0.6) is 0 Å². The molecule has 1 heterocycles. The van der Waals surface area contributed by atoms with Crippen LogP contribution < -0.4 is 0 Å². The minimum absolute atomic E-state index is 0.212. The molecule has 0 saturated carbocycles. The van der Waals surface area contributed by atoms with Gasteiger partial charge in [-0.1, -0.05) is 36.4 Å². The smallest absolute Gasteiger partial charge is 0.227 e. The number of rotatable bonds is 0. The molecule has 74 valence electrons. The van der Waals surface area contributed by atoms with Crippen LogP contribution in [0.4, 0.5) is 0 Å². The number of nitrogens with zero attached hydrogens (tertiary/aromatic N) is 3. The van der Waals surface area contributed by atoms with Crippen LogP contribution in [0.2, 0.25) is 0 Å². The lowest BCUT2D eigenvalue weighted by molar-refractivity contribution is 1.16. The van der Waals surface area contributed by atoms with E-state index in [1.54, 1.807) is 6.20 Å². The van der Waals surface area contributed by atoms with Gasteiger partial charge in [0.25, 0.3) is 0 Å². The van der Waals surface area contributed by atoms with Gasteiger partial charge >= 0.3 is 0 Å². The highest BCUT2D eigenvalue weighted by Gasteiger charge is 2.03. The predicted molar refractivity (Wildman–Crippen MR) is 61.8 cm³/mol. The van der Waals surface area contributed by atoms with E-state index in [1.165, 1.54) is 0 Å². The summed E-state index contributed by atoms with van der Waals surface area (Å²) in [6.45, 7) is 0. The normalized spacial score (nSPS) is 10.4. The van der Waals surface area contributed by atoms with Gasteiger partial charge in [-0.05, 0) is 5.39 Å². The molecule has 0 fully saturated rings. The molecule has 0 aliphatic rings. The Bertz CT molecular complexity index is 726. The summed E-state index contributed by atoms with van der Waals surface area (Å²) in [6, 6.07) is 14.0. The van der Waals surface area contributed by atoms with Gasteiger partial charge in [0.1, 0.15) is 6.07 Å². The van der Waals surface area contributed by atoms with Gasteiger partial charge in [-0.25, -0.2) is 9.97 Å². The van der Waals surface area contributed by atoms with Crippen LogP contribution in [0.1, 0.15) is 5.82 Å². The van der Waals surface area contributed by atoms with Gasteiger partial charge in [-0.3, -0.25) is 0 Å². The van der Waals surface area contributed by atoms with Crippen molar-refractivity contribution in [3.8, 4) is 6.07 Å². The van der Waals surface area contributed by atoms with Gasteiger partial charge in [0.2, 0.25) is 5.82 Å². The predicted octanol–water partition coefficient (Wildman–Crippen LogP) is 2.65. The lowest BCUT2D eigenvalue weighted by Gasteiger charge is -2.01. The first kappa shape index (κ1) is 8.81. The molecule has 3 heteroatoms. The molecule has 0 N–H and O–H groups in total. The first-order chi connectivity index (χ1) is 7.88. The van der Waals surface area contributed by atoms with Crippen molar-refractivity contribution in [3.63, 3.8) is 0 Å². The lowest BCUT2D eigenvalue weighted by atomic mass is 10.1. The second kappa shape index (κ2) is 3.28. The zero-order valence-corrected chi connectivity index (χ0v) is 8.38. The van der Waals surface area contributed by atoms with Gasteiger partial charge < -0.3 is 0 Å². The average molecular weight is 205 g/mol. The monoisotopic (exact) mass is 205 g/mol. The van der Waals surface area contributed by atoms with Crippen LogP contribution in [0.3, 0.4) is 0 Å². The highest BCUT2D eigenvalue weighted by molar-refractivity contribution is 6.04. The number of nitriles is 1. The molecule has 0 unspecified atom stereocenters. The van der Waals surface area contributed by atoms with E-state index in [1.807, 2.05) is 42.5 Å². The number of hydrogen-bond donors (Lipinski definition) is 0. The number of hydrogen-bond acceptors (Lipinski definition) is 3. The molecule has 0 amide bonds. The van der Waals surface area contributed by atoms with Crippen molar-refractivity contribution >= 4 is 21.7 Å². The standard InChI is InChI=1S/C13H7N3/c14-7-12-15-8-10-6-5-9-3-1-2-4-11(9)13(10)16-12/h1-6,8H. The van der Waals surface area contributed by atoms with E-state index in [-0.39, 0.29) is 5.82 Å². The van der Waals surface area contributed by atoms with Crippen LogP contribution in [0, 0.1) is 11.3 Å². The topological polar surface area (TPSA) is 49.6 Å². The van der Waals surface area contributed by atoms with E-state index in [9.17, 15) is 0 Å². The molecule has 2 aromatic carbocycles. The van der Waals surface area contributed by atoms with Crippen molar-refractivity contribution in [2.24, 2.45) is 0 Å². The van der Waals surface area contributed by atoms with Crippen molar-refractivity contribution < 1.29 is 0 Å². The fourth-order valence-electron chi connectivity index (χ4n) is 1.82. The summed E-state index contributed by atoms with van der Waals surface area (Å²) in [4.78, 5) is 8.21. The minimum atomic E-state index is 0.212. The average Bonchev–Trinajstić information content (AvgIpc) is 2.38. The fraction of sp³-hybridized carbons (Fsp3) is 0. The maximum absolute atomic E-state index is 8.79. The number of benzene rings is 2. The van der Waals surface area contributed by atoms with E-state index >= 15 is 0 Å². The molecular weight excluding hydrogens is 198 g/mol. The summed E-state index contributed by atoms with van der Waals surface area (Å²) in [7, 11) is 0. The zero-order chi connectivity index (χ0) is 11.0. The molecule has 0 saturated heterocycles. The molecule has 0 radical (unpaired) electrons. The van der Waals surface area contributed by atoms with Crippen molar-refractivity contribution in [2.45, 2.75) is 0 Å². The minimum Gasteiger partial charge on any atom is -0.227 e. The summed E-state index contributed by atoms with van der Waals surface area (Å²) >= 11 is 0. The van der Waals surface area contributed by atoms with Crippen LogP contribution in [-0.4, -0.2) is 9.97 Å². The molecule has 16 heavy (non-hydrogen) atoms. The van der Waals surface area contributed by atoms with Crippen LogP contribution in [-0.2, 0) is 0 Å². The van der Waals surface area contributed by atoms with E-state index in [0.29, 0.717) is 0 Å². The molecule has 1 aromatic heterocycles. The summed E-state index contributed by atoms with van der Waals surface area (Å²) < 4.78 is 0. The molecule has 3 rings (SSSR count). The van der Waals surface area contributed by atoms with Crippen molar-refractivity contribution in [1.29, 1.82) is 5.26 Å². The Balaban J connectivity index is 2.53. The van der Waals surface area contributed by atoms with Crippen LogP contribution >= 0.6 is 0 Å². The SMILES string of the molecule is N#Cc1ncc2ccc3ccccc3c2n1. The largest absolute Gasteiger partial charge is 0.232 e. The van der Waals surface area contributed by atoms with E-state index in [4.69, 9.17) is 5.26 Å². The lowest BCUT2D eigenvalue weighted by Crippen LogP contribution is -1.89.